The molecule has 0 aromatic heterocycles. The Kier molecular flexibility index (Phi) is 6.52. The van der Waals surface area contributed by atoms with Gasteiger partial charge in [-0.25, -0.2) is 0 Å². The Labute approximate surface area is 105 Å². The quantitative estimate of drug-likeness (QED) is 0.724. The molecule has 1 heterocycles. The van der Waals surface area contributed by atoms with Gasteiger partial charge in [0.25, 0.3) is 0 Å². The molecule has 3 N–H and O–H groups in total. The number of likely N-dealkylation sites (tertiary alicyclic amines) is 1. The summed E-state index contributed by atoms with van der Waals surface area (Å²) in [6.45, 7) is 5.81. The number of nitrogens with two attached hydrogens (primary N) is 1. The molecule has 1 aliphatic rings. The molecule has 100 valence electrons. The molecule has 1 atom stereocenters. The van der Waals surface area contributed by atoms with Gasteiger partial charge >= 0.3 is 0 Å². The van der Waals surface area contributed by atoms with Crippen LogP contribution in [0.3, 0.4) is 0 Å². The molecule has 0 aliphatic carbocycles. The van der Waals surface area contributed by atoms with E-state index in [1.165, 1.54) is 25.9 Å². The number of carbonyl (C=O) groups excluding carboxylic acids is 1. The van der Waals surface area contributed by atoms with Gasteiger partial charge in [0.2, 0.25) is 5.91 Å². The molecule has 1 unspecified atom stereocenters. The summed E-state index contributed by atoms with van der Waals surface area (Å²) < 4.78 is 0. The molecule has 17 heavy (non-hydrogen) atoms. The van der Waals surface area contributed by atoms with E-state index in [9.17, 15) is 4.79 Å². The smallest absolute Gasteiger partial charge is 0.220 e. The minimum atomic E-state index is 0.149. The molecule has 0 radical (unpaired) electrons. The summed E-state index contributed by atoms with van der Waals surface area (Å²) in [5, 5.41) is 3.00. The van der Waals surface area contributed by atoms with Crippen molar-refractivity contribution in [1.29, 1.82) is 0 Å². The van der Waals surface area contributed by atoms with E-state index >= 15 is 0 Å². The number of rotatable bonds is 6. The molecule has 0 aromatic rings. The van der Waals surface area contributed by atoms with E-state index in [4.69, 9.17) is 5.73 Å². The molecule has 4 nitrogen and oxygen atoms in total. The summed E-state index contributed by atoms with van der Waals surface area (Å²) in [6, 6.07) is 0. The zero-order valence-electron chi connectivity index (χ0n) is 11.2. The fraction of sp³-hybridized carbons (Fsp3) is 0.923. The van der Waals surface area contributed by atoms with Crippen LogP contribution in [0.25, 0.3) is 0 Å². The van der Waals surface area contributed by atoms with Crippen molar-refractivity contribution in [3.05, 3.63) is 0 Å². The van der Waals surface area contributed by atoms with E-state index in [2.05, 4.69) is 17.3 Å². The maximum absolute atomic E-state index is 11.5. The van der Waals surface area contributed by atoms with Crippen LogP contribution in [0.1, 0.15) is 32.6 Å². The molecular formula is C13H27N3O. The highest BCUT2D eigenvalue weighted by atomic mass is 16.1. The average Bonchev–Trinajstić information content (AvgIpc) is 2.31. The first kappa shape index (κ1) is 14.5. The Morgan fingerprint density at radius 3 is 2.71 bits per heavy atom. The number of hydrogen-bond acceptors (Lipinski definition) is 3. The summed E-state index contributed by atoms with van der Waals surface area (Å²) in [5.41, 5.74) is 5.49. The van der Waals surface area contributed by atoms with E-state index < -0.39 is 0 Å². The summed E-state index contributed by atoms with van der Waals surface area (Å²) in [7, 11) is 2.17. The van der Waals surface area contributed by atoms with Crippen molar-refractivity contribution in [2.45, 2.75) is 32.6 Å². The molecule has 1 aliphatic heterocycles. The number of hydrogen-bond donors (Lipinski definition) is 2. The third-order valence-corrected chi connectivity index (χ3v) is 3.65. The van der Waals surface area contributed by atoms with E-state index in [0.29, 0.717) is 18.9 Å². The molecule has 0 saturated carbocycles. The second-order valence-corrected chi connectivity index (χ2v) is 5.43. The van der Waals surface area contributed by atoms with Crippen molar-refractivity contribution < 1.29 is 4.79 Å². The average molecular weight is 241 g/mol. The molecular weight excluding hydrogens is 214 g/mol. The number of nitrogens with zero attached hydrogens (tertiary/aromatic N) is 1. The van der Waals surface area contributed by atoms with Gasteiger partial charge in [-0.05, 0) is 57.8 Å². The molecule has 1 saturated heterocycles. The maximum atomic E-state index is 11.5. The van der Waals surface area contributed by atoms with Crippen molar-refractivity contribution in [3.63, 3.8) is 0 Å². The molecule has 1 amide bonds. The van der Waals surface area contributed by atoms with Gasteiger partial charge < -0.3 is 16.0 Å². The van der Waals surface area contributed by atoms with Crippen LogP contribution in [0.4, 0.5) is 0 Å². The first-order chi connectivity index (χ1) is 8.11. The fourth-order valence-corrected chi connectivity index (χ4v) is 2.24. The number of nitrogens with one attached hydrogen (secondary N) is 1. The van der Waals surface area contributed by atoms with Crippen LogP contribution in [0.2, 0.25) is 0 Å². The molecule has 1 rings (SSSR count). The lowest BCUT2D eigenvalue weighted by Crippen LogP contribution is -2.33. The van der Waals surface area contributed by atoms with Crippen LogP contribution in [0.15, 0.2) is 0 Å². The molecule has 0 aromatic carbocycles. The summed E-state index contributed by atoms with van der Waals surface area (Å²) in [5.74, 6) is 1.23. The van der Waals surface area contributed by atoms with Gasteiger partial charge in [-0.3, -0.25) is 4.79 Å². The first-order valence-corrected chi connectivity index (χ1v) is 6.77. The Bertz CT molecular complexity index is 225. The van der Waals surface area contributed by atoms with E-state index in [-0.39, 0.29) is 5.91 Å². The molecule has 4 heteroatoms. The van der Waals surface area contributed by atoms with E-state index in [1.807, 2.05) is 6.92 Å². The predicted molar refractivity (Wildman–Crippen MR) is 70.7 cm³/mol. The van der Waals surface area contributed by atoms with Crippen LogP contribution in [0, 0.1) is 11.8 Å². The van der Waals surface area contributed by atoms with Gasteiger partial charge in [0.05, 0.1) is 0 Å². The second kappa shape index (κ2) is 7.67. The fourth-order valence-electron chi connectivity index (χ4n) is 2.24. The Hall–Kier alpha value is -0.610. The van der Waals surface area contributed by atoms with Crippen LogP contribution in [0.5, 0.6) is 0 Å². The lowest BCUT2D eigenvalue weighted by atomic mass is 9.94. The van der Waals surface area contributed by atoms with Gasteiger partial charge in [-0.2, -0.15) is 0 Å². The van der Waals surface area contributed by atoms with Crippen molar-refractivity contribution in [2.75, 3.05) is 33.2 Å². The van der Waals surface area contributed by atoms with Crippen molar-refractivity contribution in [2.24, 2.45) is 17.6 Å². The van der Waals surface area contributed by atoms with Crippen LogP contribution in [-0.2, 0) is 4.79 Å². The highest BCUT2D eigenvalue weighted by Gasteiger charge is 2.16. The second-order valence-electron chi connectivity index (χ2n) is 5.43. The monoisotopic (exact) mass is 241 g/mol. The van der Waals surface area contributed by atoms with Gasteiger partial charge in [-0.1, -0.05) is 6.92 Å². The number of piperidine rings is 1. The molecule has 1 fully saturated rings. The van der Waals surface area contributed by atoms with Crippen molar-refractivity contribution >= 4 is 5.91 Å². The van der Waals surface area contributed by atoms with Gasteiger partial charge in [0, 0.05) is 13.0 Å². The highest BCUT2D eigenvalue weighted by Crippen LogP contribution is 2.18. The lowest BCUT2D eigenvalue weighted by Gasteiger charge is -2.28. The van der Waals surface area contributed by atoms with Gasteiger partial charge in [-0.15, -0.1) is 0 Å². The zero-order valence-corrected chi connectivity index (χ0v) is 11.2. The molecule has 0 bridgehead atoms. The van der Waals surface area contributed by atoms with Crippen LogP contribution < -0.4 is 11.1 Å². The zero-order chi connectivity index (χ0) is 12.7. The third kappa shape index (κ3) is 6.03. The van der Waals surface area contributed by atoms with E-state index in [0.717, 1.165) is 18.9 Å². The minimum Gasteiger partial charge on any atom is -0.356 e. The topological polar surface area (TPSA) is 58.4 Å². The van der Waals surface area contributed by atoms with Crippen LogP contribution in [-0.4, -0.2) is 44.0 Å². The summed E-state index contributed by atoms with van der Waals surface area (Å²) in [6.07, 6.45) is 4.22. The Morgan fingerprint density at radius 1 is 1.47 bits per heavy atom. The minimum absolute atomic E-state index is 0.149. The number of amides is 1. The highest BCUT2D eigenvalue weighted by molar-refractivity contribution is 5.76. The predicted octanol–water partition coefficient (Wildman–Crippen LogP) is 0.819. The first-order valence-electron chi connectivity index (χ1n) is 6.77. The maximum Gasteiger partial charge on any atom is 0.220 e. The van der Waals surface area contributed by atoms with Crippen LogP contribution >= 0.6 is 0 Å². The normalized spacial score (nSPS) is 20.2. The third-order valence-electron chi connectivity index (χ3n) is 3.65. The van der Waals surface area contributed by atoms with Crippen molar-refractivity contribution in [3.8, 4) is 0 Å². The SMILES string of the molecule is CC(CN)CC(=O)NCCC1CCN(C)CC1. The summed E-state index contributed by atoms with van der Waals surface area (Å²) >= 11 is 0. The largest absolute Gasteiger partial charge is 0.356 e. The van der Waals surface area contributed by atoms with Crippen molar-refractivity contribution in [1.82, 2.24) is 10.2 Å². The van der Waals surface area contributed by atoms with Gasteiger partial charge in [0.15, 0.2) is 0 Å². The molecule has 0 spiro atoms. The summed E-state index contributed by atoms with van der Waals surface area (Å²) in [4.78, 5) is 13.9. The lowest BCUT2D eigenvalue weighted by molar-refractivity contribution is -0.121. The number of carbonyl (C=O) groups is 1. The Morgan fingerprint density at radius 2 is 2.12 bits per heavy atom. The Balaban J connectivity index is 2.05. The standard InChI is InChI=1S/C13H27N3O/c1-11(10-14)9-13(17)15-6-3-12-4-7-16(2)8-5-12/h11-12H,3-10,14H2,1-2H3,(H,15,17). The van der Waals surface area contributed by atoms with Gasteiger partial charge in [0.1, 0.15) is 0 Å². The van der Waals surface area contributed by atoms with E-state index in [1.54, 1.807) is 0 Å².